The Kier molecular flexibility index (Phi) is 4.40. The second-order valence-electron chi connectivity index (χ2n) is 5.11. The van der Waals surface area contributed by atoms with Crippen molar-refractivity contribution < 1.29 is 4.74 Å². The van der Waals surface area contributed by atoms with Crippen molar-refractivity contribution in [2.24, 2.45) is 7.05 Å². The Morgan fingerprint density at radius 2 is 2.17 bits per heavy atom. The van der Waals surface area contributed by atoms with Gasteiger partial charge in [-0.2, -0.15) is 5.10 Å². The summed E-state index contributed by atoms with van der Waals surface area (Å²) in [6, 6.07) is 2.32. The molecule has 1 aromatic heterocycles. The Bertz CT molecular complexity index is 369. The van der Waals surface area contributed by atoms with Crippen molar-refractivity contribution >= 4 is 0 Å². The molecule has 0 aromatic carbocycles. The number of nitrogens with zero attached hydrogens (tertiary/aromatic N) is 2. The van der Waals surface area contributed by atoms with Crippen LogP contribution in [0.1, 0.15) is 51.3 Å². The lowest BCUT2D eigenvalue weighted by molar-refractivity contribution is -0.0633. The fourth-order valence-electron chi connectivity index (χ4n) is 3.13. The summed E-state index contributed by atoms with van der Waals surface area (Å²) < 4.78 is 8.03. The van der Waals surface area contributed by atoms with Gasteiger partial charge in [-0.05, 0) is 32.4 Å². The number of hydrogen-bond acceptors (Lipinski definition) is 3. The van der Waals surface area contributed by atoms with Crippen LogP contribution in [-0.4, -0.2) is 28.5 Å². The lowest BCUT2D eigenvalue weighted by Gasteiger charge is -2.37. The molecule has 0 radical (unpaired) electrons. The van der Waals surface area contributed by atoms with Gasteiger partial charge in [0.1, 0.15) is 0 Å². The fourth-order valence-corrected chi connectivity index (χ4v) is 3.13. The van der Waals surface area contributed by atoms with Crippen LogP contribution in [-0.2, 0) is 11.8 Å². The monoisotopic (exact) mass is 251 g/mol. The van der Waals surface area contributed by atoms with Gasteiger partial charge < -0.3 is 10.1 Å². The van der Waals surface area contributed by atoms with E-state index in [1.165, 1.54) is 12.8 Å². The molecule has 1 aliphatic rings. The van der Waals surface area contributed by atoms with Crippen LogP contribution in [0.2, 0.25) is 0 Å². The summed E-state index contributed by atoms with van der Waals surface area (Å²) in [5.41, 5.74) is 1.05. The first-order valence-corrected chi connectivity index (χ1v) is 7.08. The molecule has 4 nitrogen and oxygen atoms in total. The molecule has 18 heavy (non-hydrogen) atoms. The van der Waals surface area contributed by atoms with Gasteiger partial charge in [-0.15, -0.1) is 0 Å². The van der Waals surface area contributed by atoms with Crippen molar-refractivity contribution in [2.45, 2.75) is 51.2 Å². The second kappa shape index (κ2) is 5.85. The van der Waals surface area contributed by atoms with Gasteiger partial charge >= 0.3 is 0 Å². The van der Waals surface area contributed by atoms with Crippen LogP contribution in [0, 0.1) is 0 Å². The standard InChI is InChI=1S/C14H25N3O/c1-4-15-13(12-8-11-17(3)16-12)14(18-5-2)9-6-7-10-14/h8,11,13,15H,4-7,9-10H2,1-3H3. The maximum absolute atomic E-state index is 6.16. The van der Waals surface area contributed by atoms with Crippen LogP contribution >= 0.6 is 0 Å². The third-order valence-electron chi connectivity index (χ3n) is 3.85. The predicted molar refractivity (Wildman–Crippen MR) is 72.5 cm³/mol. The molecule has 0 bridgehead atoms. The molecule has 1 saturated carbocycles. The Labute approximate surface area is 110 Å². The summed E-state index contributed by atoms with van der Waals surface area (Å²) in [4.78, 5) is 0. The van der Waals surface area contributed by atoms with Gasteiger partial charge in [0.25, 0.3) is 0 Å². The molecule has 1 unspecified atom stereocenters. The molecule has 0 amide bonds. The van der Waals surface area contributed by atoms with Gasteiger partial charge in [-0.1, -0.05) is 19.8 Å². The van der Waals surface area contributed by atoms with Crippen LogP contribution in [0.3, 0.4) is 0 Å². The van der Waals surface area contributed by atoms with Crippen molar-refractivity contribution in [1.29, 1.82) is 0 Å². The molecule has 1 N–H and O–H groups in total. The van der Waals surface area contributed by atoms with Crippen molar-refractivity contribution in [3.63, 3.8) is 0 Å². The van der Waals surface area contributed by atoms with E-state index in [1.807, 2.05) is 17.9 Å². The summed E-state index contributed by atoms with van der Waals surface area (Å²) in [6.07, 6.45) is 6.79. The smallest absolute Gasteiger partial charge is 0.0892 e. The fraction of sp³-hybridized carbons (Fsp3) is 0.786. The van der Waals surface area contributed by atoms with E-state index in [2.05, 4.69) is 30.3 Å². The molecular formula is C14H25N3O. The minimum atomic E-state index is -0.0564. The quantitative estimate of drug-likeness (QED) is 0.844. The zero-order valence-corrected chi connectivity index (χ0v) is 11.8. The van der Waals surface area contributed by atoms with Crippen LogP contribution in [0.15, 0.2) is 12.3 Å². The average molecular weight is 251 g/mol. The SMILES string of the molecule is CCNC(c1ccn(C)n1)C1(OCC)CCCC1. The number of rotatable bonds is 6. The molecule has 1 fully saturated rings. The highest BCUT2D eigenvalue weighted by atomic mass is 16.5. The van der Waals surface area contributed by atoms with Crippen molar-refractivity contribution in [3.05, 3.63) is 18.0 Å². The number of ether oxygens (including phenoxy) is 1. The summed E-state index contributed by atoms with van der Waals surface area (Å²) in [5.74, 6) is 0. The number of aromatic nitrogens is 2. The Morgan fingerprint density at radius 3 is 2.67 bits per heavy atom. The van der Waals surface area contributed by atoms with E-state index in [0.717, 1.165) is 31.7 Å². The molecule has 1 aromatic rings. The highest BCUT2D eigenvalue weighted by Gasteiger charge is 2.43. The van der Waals surface area contributed by atoms with Gasteiger partial charge in [0.15, 0.2) is 0 Å². The summed E-state index contributed by atoms with van der Waals surface area (Å²) in [5, 5.41) is 8.15. The summed E-state index contributed by atoms with van der Waals surface area (Å²) >= 11 is 0. The first-order valence-electron chi connectivity index (χ1n) is 7.08. The van der Waals surface area contributed by atoms with Crippen molar-refractivity contribution in [2.75, 3.05) is 13.2 Å². The lowest BCUT2D eigenvalue weighted by atomic mass is 9.89. The largest absolute Gasteiger partial charge is 0.373 e. The molecule has 0 aliphatic heterocycles. The van der Waals surface area contributed by atoms with E-state index in [9.17, 15) is 0 Å². The Morgan fingerprint density at radius 1 is 1.44 bits per heavy atom. The highest BCUT2D eigenvalue weighted by Crippen LogP contribution is 2.42. The van der Waals surface area contributed by atoms with E-state index in [0.29, 0.717) is 0 Å². The minimum Gasteiger partial charge on any atom is -0.373 e. The van der Waals surface area contributed by atoms with Crippen LogP contribution in [0.25, 0.3) is 0 Å². The molecule has 0 saturated heterocycles. The number of hydrogen-bond donors (Lipinski definition) is 1. The zero-order valence-electron chi connectivity index (χ0n) is 11.8. The maximum Gasteiger partial charge on any atom is 0.0892 e. The molecule has 1 heterocycles. The minimum absolute atomic E-state index is 0.0564. The van der Waals surface area contributed by atoms with E-state index < -0.39 is 0 Å². The molecule has 4 heteroatoms. The van der Waals surface area contributed by atoms with Gasteiger partial charge in [-0.3, -0.25) is 4.68 Å². The first kappa shape index (κ1) is 13.6. The molecule has 102 valence electrons. The molecule has 0 spiro atoms. The topological polar surface area (TPSA) is 39.1 Å². The van der Waals surface area contributed by atoms with Gasteiger partial charge in [0, 0.05) is 19.9 Å². The number of likely N-dealkylation sites (N-methyl/N-ethyl adjacent to an activating group) is 1. The summed E-state index contributed by atoms with van der Waals surface area (Å²) in [7, 11) is 1.97. The van der Waals surface area contributed by atoms with Crippen molar-refractivity contribution in [3.8, 4) is 0 Å². The third-order valence-corrected chi connectivity index (χ3v) is 3.85. The molecule has 1 atom stereocenters. The first-order chi connectivity index (χ1) is 8.72. The number of aryl methyl sites for hydroxylation is 1. The Balaban J connectivity index is 2.26. The second-order valence-corrected chi connectivity index (χ2v) is 5.11. The van der Waals surface area contributed by atoms with E-state index >= 15 is 0 Å². The highest BCUT2D eigenvalue weighted by molar-refractivity contribution is 5.13. The van der Waals surface area contributed by atoms with Gasteiger partial charge in [0.2, 0.25) is 0 Å². The zero-order chi connectivity index (χ0) is 13.0. The van der Waals surface area contributed by atoms with Crippen molar-refractivity contribution in [1.82, 2.24) is 15.1 Å². The van der Waals surface area contributed by atoms with Crippen LogP contribution < -0.4 is 5.32 Å². The van der Waals surface area contributed by atoms with Gasteiger partial charge in [-0.25, -0.2) is 0 Å². The van der Waals surface area contributed by atoms with Crippen LogP contribution in [0.5, 0.6) is 0 Å². The molecular weight excluding hydrogens is 226 g/mol. The summed E-state index contributed by atoms with van der Waals surface area (Å²) in [6.45, 7) is 5.94. The molecule has 2 rings (SSSR count). The molecule has 1 aliphatic carbocycles. The average Bonchev–Trinajstić information content (AvgIpc) is 2.97. The lowest BCUT2D eigenvalue weighted by Crippen LogP contribution is -2.44. The van der Waals surface area contributed by atoms with E-state index in [4.69, 9.17) is 4.74 Å². The normalized spacial score (nSPS) is 20.2. The van der Waals surface area contributed by atoms with Crippen LogP contribution in [0.4, 0.5) is 0 Å². The maximum atomic E-state index is 6.16. The van der Waals surface area contributed by atoms with Gasteiger partial charge in [0.05, 0.1) is 17.3 Å². The Hall–Kier alpha value is -0.870. The third kappa shape index (κ3) is 2.59. The number of nitrogens with one attached hydrogen (secondary N) is 1. The van der Waals surface area contributed by atoms with E-state index in [1.54, 1.807) is 0 Å². The predicted octanol–water partition coefficient (Wildman–Crippen LogP) is 2.42. The van der Waals surface area contributed by atoms with E-state index in [-0.39, 0.29) is 11.6 Å².